The number of nitrogens with zero attached hydrogens (tertiary/aromatic N) is 1. The maximum absolute atomic E-state index is 11.8. The van der Waals surface area contributed by atoms with E-state index in [1.165, 1.54) is 10.5 Å². The normalized spacial score (nSPS) is 10.2. The minimum Gasteiger partial charge on any atom is -0.481 e. The molecule has 0 saturated carbocycles. The highest BCUT2D eigenvalue weighted by Crippen LogP contribution is 2.08. The molecule has 104 valence electrons. The maximum atomic E-state index is 11.8. The minimum absolute atomic E-state index is 0.00651. The van der Waals surface area contributed by atoms with E-state index in [9.17, 15) is 9.59 Å². The second kappa shape index (κ2) is 7.56. The van der Waals surface area contributed by atoms with E-state index in [1.54, 1.807) is 7.05 Å². The number of carboxylic acid groups (broad SMARTS) is 1. The van der Waals surface area contributed by atoms with Crippen LogP contribution in [0.15, 0.2) is 24.3 Å². The molecule has 4 nitrogen and oxygen atoms in total. The van der Waals surface area contributed by atoms with E-state index in [1.807, 2.05) is 12.1 Å². The summed E-state index contributed by atoms with van der Waals surface area (Å²) in [6.45, 7) is 2.37. The van der Waals surface area contributed by atoms with Gasteiger partial charge in [0, 0.05) is 20.0 Å². The van der Waals surface area contributed by atoms with Crippen LogP contribution in [0.25, 0.3) is 0 Å². The summed E-state index contributed by atoms with van der Waals surface area (Å²) in [6, 6.07) is 8.24. The zero-order valence-corrected chi connectivity index (χ0v) is 11.6. The first-order valence-electron chi connectivity index (χ1n) is 6.56. The zero-order valence-electron chi connectivity index (χ0n) is 11.6. The second-order valence-electron chi connectivity index (χ2n) is 4.63. The summed E-state index contributed by atoms with van der Waals surface area (Å²) in [5, 5.41) is 8.56. The largest absolute Gasteiger partial charge is 0.481 e. The fraction of sp³-hybridized carbons (Fsp3) is 0.467. The Morgan fingerprint density at radius 2 is 1.68 bits per heavy atom. The summed E-state index contributed by atoms with van der Waals surface area (Å²) in [7, 11) is 1.64. The predicted molar refractivity (Wildman–Crippen MR) is 74.0 cm³/mol. The molecule has 0 bridgehead atoms. The van der Waals surface area contributed by atoms with Crippen molar-refractivity contribution in [3.05, 3.63) is 35.4 Å². The lowest BCUT2D eigenvalue weighted by molar-refractivity contribution is -0.138. The van der Waals surface area contributed by atoms with Gasteiger partial charge in [-0.2, -0.15) is 0 Å². The first-order valence-corrected chi connectivity index (χ1v) is 6.56. The predicted octanol–water partition coefficient (Wildman–Crippen LogP) is 2.11. The van der Waals surface area contributed by atoms with E-state index in [2.05, 4.69) is 19.1 Å². The molecular weight excluding hydrogens is 242 g/mol. The molecule has 1 aromatic carbocycles. The number of carbonyl (C=O) groups is 2. The summed E-state index contributed by atoms with van der Waals surface area (Å²) in [5.41, 5.74) is 2.42. The average molecular weight is 263 g/mol. The van der Waals surface area contributed by atoms with Gasteiger partial charge in [-0.15, -0.1) is 0 Å². The third kappa shape index (κ3) is 5.55. The lowest BCUT2D eigenvalue weighted by atomic mass is 10.1. The Bertz CT molecular complexity index is 426. The first kappa shape index (κ1) is 15.2. The number of aryl methyl sites for hydroxylation is 2. The topological polar surface area (TPSA) is 57.6 Å². The molecule has 1 rings (SSSR count). The van der Waals surface area contributed by atoms with E-state index in [0.29, 0.717) is 12.8 Å². The third-order valence-corrected chi connectivity index (χ3v) is 3.15. The van der Waals surface area contributed by atoms with Gasteiger partial charge in [0.05, 0.1) is 6.42 Å². The minimum atomic E-state index is -0.880. The van der Waals surface area contributed by atoms with Gasteiger partial charge in [-0.3, -0.25) is 9.59 Å². The van der Waals surface area contributed by atoms with Crippen molar-refractivity contribution >= 4 is 11.9 Å². The average Bonchev–Trinajstić information content (AvgIpc) is 2.42. The highest BCUT2D eigenvalue weighted by atomic mass is 16.4. The van der Waals surface area contributed by atoms with E-state index in [4.69, 9.17) is 5.11 Å². The molecule has 0 saturated heterocycles. The molecule has 0 aliphatic heterocycles. The molecule has 0 aliphatic carbocycles. The quantitative estimate of drug-likeness (QED) is 0.819. The number of benzene rings is 1. The van der Waals surface area contributed by atoms with Crippen LogP contribution in [0.2, 0.25) is 0 Å². The molecule has 1 aromatic rings. The summed E-state index contributed by atoms with van der Waals surface area (Å²) in [5.74, 6) is -0.893. The molecule has 0 unspecified atom stereocenters. The lowest BCUT2D eigenvalue weighted by Gasteiger charge is -2.15. The van der Waals surface area contributed by atoms with Crippen molar-refractivity contribution in [3.63, 3.8) is 0 Å². The van der Waals surface area contributed by atoms with Crippen LogP contribution in [0.4, 0.5) is 0 Å². The number of amides is 1. The van der Waals surface area contributed by atoms with Crippen molar-refractivity contribution in [1.82, 2.24) is 4.90 Å². The van der Waals surface area contributed by atoms with Crippen LogP contribution >= 0.6 is 0 Å². The molecule has 0 aliphatic rings. The standard InChI is InChI=1S/C15H21NO3/c1-3-12-4-6-13(7-5-12)8-9-14(17)16(2)11-10-15(18)19/h4-7H,3,8-11H2,1-2H3,(H,18,19). The Morgan fingerprint density at radius 3 is 2.21 bits per heavy atom. The first-order chi connectivity index (χ1) is 9.02. The monoisotopic (exact) mass is 263 g/mol. The van der Waals surface area contributed by atoms with Gasteiger partial charge in [0.2, 0.25) is 5.91 Å². The van der Waals surface area contributed by atoms with Gasteiger partial charge in [-0.1, -0.05) is 31.2 Å². The van der Waals surface area contributed by atoms with E-state index in [0.717, 1.165) is 12.0 Å². The van der Waals surface area contributed by atoms with E-state index in [-0.39, 0.29) is 18.9 Å². The number of hydrogen-bond acceptors (Lipinski definition) is 2. The number of rotatable bonds is 7. The molecule has 0 atom stereocenters. The number of carbonyl (C=O) groups excluding carboxylic acids is 1. The van der Waals surface area contributed by atoms with E-state index >= 15 is 0 Å². The highest BCUT2D eigenvalue weighted by Gasteiger charge is 2.10. The van der Waals surface area contributed by atoms with Crippen LogP contribution in [0.5, 0.6) is 0 Å². The van der Waals surface area contributed by atoms with Crippen LogP contribution in [-0.4, -0.2) is 35.5 Å². The van der Waals surface area contributed by atoms with Crippen molar-refractivity contribution in [2.24, 2.45) is 0 Å². The van der Waals surface area contributed by atoms with Crippen LogP contribution < -0.4 is 0 Å². The van der Waals surface area contributed by atoms with Crippen molar-refractivity contribution in [2.75, 3.05) is 13.6 Å². The molecule has 0 fully saturated rings. The molecule has 1 amide bonds. The highest BCUT2D eigenvalue weighted by molar-refractivity contribution is 5.77. The fourth-order valence-corrected chi connectivity index (χ4v) is 1.77. The SMILES string of the molecule is CCc1ccc(CCC(=O)N(C)CCC(=O)O)cc1. The Kier molecular flexibility index (Phi) is 6.06. The number of aliphatic carboxylic acids is 1. The molecule has 19 heavy (non-hydrogen) atoms. The molecule has 1 N–H and O–H groups in total. The zero-order chi connectivity index (χ0) is 14.3. The van der Waals surface area contributed by atoms with Crippen LogP contribution in [0.3, 0.4) is 0 Å². The number of carboxylic acids is 1. The molecule has 0 radical (unpaired) electrons. The van der Waals surface area contributed by atoms with Gasteiger partial charge in [0.15, 0.2) is 0 Å². The van der Waals surface area contributed by atoms with Crippen molar-refractivity contribution in [1.29, 1.82) is 0 Å². The molecule has 0 aromatic heterocycles. The number of hydrogen-bond donors (Lipinski definition) is 1. The van der Waals surface area contributed by atoms with Gasteiger partial charge in [0.25, 0.3) is 0 Å². The van der Waals surface area contributed by atoms with Crippen molar-refractivity contribution in [3.8, 4) is 0 Å². The fourth-order valence-electron chi connectivity index (χ4n) is 1.77. The van der Waals surface area contributed by atoms with Gasteiger partial charge < -0.3 is 10.0 Å². The summed E-state index contributed by atoms with van der Waals surface area (Å²) >= 11 is 0. The van der Waals surface area contributed by atoms with Gasteiger partial charge in [-0.25, -0.2) is 0 Å². The summed E-state index contributed by atoms with van der Waals surface area (Å²) in [6.07, 6.45) is 2.12. The van der Waals surface area contributed by atoms with Crippen LogP contribution in [0.1, 0.15) is 30.9 Å². The lowest BCUT2D eigenvalue weighted by Crippen LogP contribution is -2.29. The van der Waals surface area contributed by atoms with Crippen LogP contribution in [-0.2, 0) is 22.4 Å². The smallest absolute Gasteiger partial charge is 0.305 e. The van der Waals surface area contributed by atoms with Crippen molar-refractivity contribution in [2.45, 2.75) is 32.6 Å². The van der Waals surface area contributed by atoms with Gasteiger partial charge in [0.1, 0.15) is 0 Å². The maximum Gasteiger partial charge on any atom is 0.305 e. The molecule has 0 spiro atoms. The Labute approximate surface area is 114 Å². The van der Waals surface area contributed by atoms with Gasteiger partial charge >= 0.3 is 5.97 Å². The van der Waals surface area contributed by atoms with Crippen molar-refractivity contribution < 1.29 is 14.7 Å². The Hall–Kier alpha value is -1.84. The van der Waals surface area contributed by atoms with Gasteiger partial charge in [-0.05, 0) is 24.0 Å². The Balaban J connectivity index is 2.38. The summed E-state index contributed by atoms with van der Waals surface area (Å²) < 4.78 is 0. The summed E-state index contributed by atoms with van der Waals surface area (Å²) in [4.78, 5) is 23.7. The molecule has 0 heterocycles. The third-order valence-electron chi connectivity index (χ3n) is 3.15. The van der Waals surface area contributed by atoms with E-state index < -0.39 is 5.97 Å². The molecule has 4 heteroatoms. The van der Waals surface area contributed by atoms with Crippen LogP contribution in [0, 0.1) is 0 Å². The second-order valence-corrected chi connectivity index (χ2v) is 4.63. The molecular formula is C15H21NO3. The Morgan fingerprint density at radius 1 is 1.11 bits per heavy atom.